The number of alkyl halides is 6. The molecule has 0 aromatic heterocycles. The van der Waals surface area contributed by atoms with Crippen LogP contribution in [0.3, 0.4) is 0 Å². The van der Waals surface area contributed by atoms with Crippen molar-refractivity contribution in [2.75, 3.05) is 6.26 Å². The van der Waals surface area contributed by atoms with Crippen molar-refractivity contribution < 1.29 is 30.9 Å². The van der Waals surface area contributed by atoms with Crippen LogP contribution < -0.4 is 10.6 Å². The number of thioether (sulfide) groups is 1. The van der Waals surface area contributed by atoms with Crippen LogP contribution in [0.2, 0.25) is 0 Å². The van der Waals surface area contributed by atoms with Crippen LogP contribution in [0.15, 0.2) is 54.6 Å². The molecule has 0 bridgehead atoms. The molecule has 0 saturated carbocycles. The number of benzene rings is 2. The van der Waals surface area contributed by atoms with Gasteiger partial charge < -0.3 is 0 Å². The van der Waals surface area contributed by atoms with Gasteiger partial charge in [-0.2, -0.15) is 30.9 Å². The third-order valence-electron chi connectivity index (χ3n) is 5.07. The van der Waals surface area contributed by atoms with E-state index in [1.165, 1.54) is 30.0 Å². The molecule has 0 saturated heterocycles. The quantitative estimate of drug-likeness (QED) is 0.427. The Bertz CT molecular complexity index is 851. The predicted molar refractivity (Wildman–Crippen MR) is 102 cm³/mol. The molecule has 0 amide bonds. The first-order valence-corrected chi connectivity index (χ1v) is 11.2. The fourth-order valence-electron chi connectivity index (χ4n) is 3.59. The van der Waals surface area contributed by atoms with E-state index in [1.54, 1.807) is 50.4 Å². The Hall–Kier alpha value is -1.24. The molecule has 1 nitrogen and oxygen atoms in total. The fraction of sp³-hybridized carbons (Fsp3) is 0.368. The summed E-state index contributed by atoms with van der Waals surface area (Å²) in [6.45, 7) is 3.27. The van der Waals surface area contributed by atoms with E-state index in [9.17, 15) is 26.3 Å². The lowest BCUT2D eigenvalue weighted by Gasteiger charge is -2.38. The number of hydrogen-bond donors (Lipinski definition) is 0. The van der Waals surface area contributed by atoms with Gasteiger partial charge in [0.2, 0.25) is 7.49 Å². The molecule has 1 aliphatic heterocycles. The monoisotopic (exact) mass is 439 g/mol. The smallest absolute Gasteiger partial charge is 0.195 e. The highest BCUT2D eigenvalue weighted by Gasteiger charge is 2.85. The third-order valence-corrected chi connectivity index (χ3v) is 11.5. The van der Waals surface area contributed by atoms with Gasteiger partial charge in [0, 0.05) is 0 Å². The zero-order chi connectivity index (χ0) is 21.0. The number of hydrogen-bond acceptors (Lipinski definition) is 2. The minimum atomic E-state index is -5.67. The number of rotatable bonds is 3. The van der Waals surface area contributed by atoms with Gasteiger partial charge in [-0.25, -0.2) is 0 Å². The van der Waals surface area contributed by atoms with Crippen molar-refractivity contribution in [1.82, 2.24) is 0 Å². The van der Waals surface area contributed by atoms with Crippen molar-refractivity contribution >= 4 is 29.9 Å². The van der Waals surface area contributed by atoms with Gasteiger partial charge in [0.1, 0.15) is 10.6 Å². The summed E-state index contributed by atoms with van der Waals surface area (Å²) >= 11 is 1.19. The summed E-state index contributed by atoms with van der Waals surface area (Å²) in [5.74, 6) is 0. The highest BCUT2D eigenvalue weighted by molar-refractivity contribution is 8.11. The van der Waals surface area contributed by atoms with E-state index in [0.717, 1.165) is 6.07 Å². The normalized spacial score (nSPS) is 22.2. The zero-order valence-corrected chi connectivity index (χ0v) is 16.9. The summed E-state index contributed by atoms with van der Waals surface area (Å²) in [4.78, 5) is 0. The van der Waals surface area contributed by atoms with Crippen molar-refractivity contribution in [1.29, 1.82) is 0 Å². The molecule has 1 aliphatic rings. The summed E-state index contributed by atoms with van der Waals surface area (Å²) in [5.41, 5.74) is -5.23. The van der Waals surface area contributed by atoms with Crippen LogP contribution in [0.1, 0.15) is 19.4 Å². The van der Waals surface area contributed by atoms with Crippen molar-refractivity contribution in [3.05, 3.63) is 60.2 Å². The Morgan fingerprint density at radius 3 is 1.82 bits per heavy atom. The van der Waals surface area contributed by atoms with Crippen molar-refractivity contribution in [2.24, 2.45) is 0 Å². The molecule has 0 aliphatic carbocycles. The van der Waals surface area contributed by atoms with Crippen LogP contribution in [0.25, 0.3) is 0 Å². The van der Waals surface area contributed by atoms with Crippen LogP contribution in [-0.2, 0) is 10.1 Å². The van der Waals surface area contributed by atoms with Crippen LogP contribution in [-0.4, -0.2) is 23.1 Å². The first-order chi connectivity index (χ1) is 12.9. The highest BCUT2D eigenvalue weighted by atomic mass is 32.2. The molecule has 0 spiro atoms. The molecule has 9 heteroatoms. The number of fused-ring (bicyclic) bond motifs is 1. The van der Waals surface area contributed by atoms with Crippen molar-refractivity contribution in [2.45, 2.75) is 36.3 Å². The Labute approximate surface area is 163 Å². The van der Waals surface area contributed by atoms with Gasteiger partial charge in [0.15, 0.2) is 4.49 Å². The first-order valence-electron chi connectivity index (χ1n) is 8.29. The van der Waals surface area contributed by atoms with E-state index >= 15 is 0 Å². The summed E-state index contributed by atoms with van der Waals surface area (Å²) in [5, 5.41) is 0.326. The van der Waals surface area contributed by atoms with Gasteiger partial charge >= 0.3 is 18.0 Å². The van der Waals surface area contributed by atoms with E-state index in [4.69, 9.17) is 4.52 Å². The Morgan fingerprint density at radius 1 is 0.821 bits per heavy atom. The molecule has 0 radical (unpaired) electrons. The SMILES string of the molecule is CSC(C)(C)[P+]1(c2ccccc2)OC(C(F)(F)F)(C(F)(F)F)c2ccccc21. The fourth-order valence-corrected chi connectivity index (χ4v) is 9.42. The van der Waals surface area contributed by atoms with Gasteiger partial charge in [-0.3, -0.25) is 0 Å². The molecule has 28 heavy (non-hydrogen) atoms. The first kappa shape index (κ1) is 21.5. The maximum Gasteiger partial charge on any atom is 0.435 e. The Balaban J connectivity index is 2.49. The van der Waals surface area contributed by atoms with E-state index in [-0.39, 0.29) is 5.30 Å². The largest absolute Gasteiger partial charge is 0.435 e. The van der Waals surface area contributed by atoms with Gasteiger partial charge in [0.25, 0.3) is 0 Å². The topological polar surface area (TPSA) is 9.23 Å². The second-order valence-electron chi connectivity index (χ2n) is 6.88. The third kappa shape index (κ3) is 2.71. The van der Waals surface area contributed by atoms with Crippen LogP contribution in [0.4, 0.5) is 26.3 Å². The lowest BCUT2D eigenvalue weighted by atomic mass is 9.92. The molecule has 0 N–H and O–H groups in total. The second kappa shape index (κ2) is 6.64. The molecule has 0 fully saturated rings. The average Bonchev–Trinajstić information content (AvgIpc) is 2.96. The Kier molecular flexibility index (Phi) is 5.09. The van der Waals surface area contributed by atoms with Gasteiger partial charge in [-0.05, 0) is 38.3 Å². The summed E-state index contributed by atoms with van der Waals surface area (Å²) in [6, 6.07) is 12.8. The molecule has 2 aromatic rings. The molecule has 1 atom stereocenters. The van der Waals surface area contributed by atoms with Crippen molar-refractivity contribution in [3.8, 4) is 0 Å². The summed E-state index contributed by atoms with van der Waals surface area (Å²) in [7, 11) is -3.58. The van der Waals surface area contributed by atoms with E-state index in [0.29, 0.717) is 5.30 Å². The van der Waals surface area contributed by atoms with Gasteiger partial charge in [-0.15, -0.1) is 11.8 Å². The second-order valence-corrected chi connectivity index (χ2v) is 12.1. The maximum absolute atomic E-state index is 14.1. The standard InChI is InChI=1S/C19H18F6OPS/c1-16(2,28-3)27(13-9-5-4-6-10-13)15-12-8-7-11-14(15)17(26-27,18(20,21)22)19(23,24)25/h4-12H,1-3H3/q+1. The predicted octanol–water partition coefficient (Wildman–Crippen LogP) is 6.02. The van der Waals surface area contributed by atoms with Gasteiger partial charge in [0.05, 0.1) is 5.56 Å². The average molecular weight is 439 g/mol. The van der Waals surface area contributed by atoms with Crippen molar-refractivity contribution in [3.63, 3.8) is 0 Å². The minimum Gasteiger partial charge on any atom is -0.195 e. The lowest BCUT2D eigenvalue weighted by molar-refractivity contribution is -0.362. The minimum absolute atomic E-state index is 0.0183. The molecule has 152 valence electrons. The molecule has 3 rings (SSSR count). The molecular formula is C19H18F6OPS+. The molecular weight excluding hydrogens is 421 g/mol. The summed E-state index contributed by atoms with van der Waals surface area (Å²) < 4.78 is 89.0. The number of halogens is 6. The summed E-state index contributed by atoms with van der Waals surface area (Å²) in [6.07, 6.45) is -9.68. The molecule has 1 unspecified atom stereocenters. The van der Waals surface area contributed by atoms with Crippen LogP contribution in [0.5, 0.6) is 0 Å². The van der Waals surface area contributed by atoms with Crippen LogP contribution in [0, 0.1) is 0 Å². The Morgan fingerprint density at radius 2 is 1.32 bits per heavy atom. The van der Waals surface area contributed by atoms with E-state index in [1.807, 2.05) is 0 Å². The van der Waals surface area contributed by atoms with Crippen LogP contribution >= 0.6 is 19.3 Å². The van der Waals surface area contributed by atoms with E-state index < -0.39 is 35.5 Å². The molecule has 2 aromatic carbocycles. The lowest BCUT2D eigenvalue weighted by Crippen LogP contribution is -2.54. The van der Waals surface area contributed by atoms with E-state index in [2.05, 4.69) is 0 Å². The highest BCUT2D eigenvalue weighted by Crippen LogP contribution is 2.80. The molecule has 1 heterocycles. The zero-order valence-electron chi connectivity index (χ0n) is 15.2. The van der Waals surface area contributed by atoms with Gasteiger partial charge in [-0.1, -0.05) is 36.4 Å². The maximum atomic E-state index is 14.1.